The molecule has 3 N–H and O–H groups in total. The van der Waals surface area contributed by atoms with Crippen molar-refractivity contribution in [2.24, 2.45) is 0 Å². The summed E-state index contributed by atoms with van der Waals surface area (Å²) in [5.41, 5.74) is 8.33. The van der Waals surface area contributed by atoms with E-state index >= 15 is 0 Å². The van der Waals surface area contributed by atoms with Crippen LogP contribution in [0.15, 0.2) is 18.2 Å². The monoisotopic (exact) mass is 192 g/mol. The molecular formula is C11H16N2O. The predicted octanol–water partition coefficient (Wildman–Crippen LogP) is 2.18. The lowest BCUT2D eigenvalue weighted by atomic mass is 10.1. The number of nitrogen functional groups attached to an aromatic ring is 1. The number of carbonyl (C=O) groups excluding carboxylic acids is 1. The molecule has 1 rings (SSSR count). The minimum Gasteiger partial charge on any atom is -0.399 e. The molecule has 0 aliphatic rings. The van der Waals surface area contributed by atoms with Gasteiger partial charge in [0.25, 0.3) is 0 Å². The molecule has 0 heterocycles. The van der Waals surface area contributed by atoms with Gasteiger partial charge >= 0.3 is 0 Å². The van der Waals surface area contributed by atoms with Crippen LogP contribution in [0.25, 0.3) is 0 Å². The van der Waals surface area contributed by atoms with E-state index in [1.165, 1.54) is 0 Å². The Morgan fingerprint density at radius 3 is 2.71 bits per heavy atom. The molecular weight excluding hydrogens is 176 g/mol. The van der Waals surface area contributed by atoms with E-state index in [-0.39, 0.29) is 5.91 Å². The fraction of sp³-hybridized carbons (Fsp3) is 0.364. The van der Waals surface area contributed by atoms with Crippen LogP contribution in [0.2, 0.25) is 0 Å². The van der Waals surface area contributed by atoms with Crippen LogP contribution in [0, 0.1) is 0 Å². The van der Waals surface area contributed by atoms with Crippen molar-refractivity contribution in [1.82, 2.24) is 0 Å². The van der Waals surface area contributed by atoms with Gasteiger partial charge in [-0.1, -0.05) is 13.8 Å². The van der Waals surface area contributed by atoms with Crippen LogP contribution in [0.3, 0.4) is 0 Å². The van der Waals surface area contributed by atoms with Crippen LogP contribution in [0.5, 0.6) is 0 Å². The van der Waals surface area contributed by atoms with Crippen LogP contribution < -0.4 is 11.1 Å². The Bertz CT molecular complexity index is 334. The lowest BCUT2D eigenvalue weighted by molar-refractivity contribution is -0.115. The van der Waals surface area contributed by atoms with Gasteiger partial charge in [0.15, 0.2) is 0 Å². The molecule has 0 spiro atoms. The van der Waals surface area contributed by atoms with Gasteiger partial charge in [-0.15, -0.1) is 0 Å². The van der Waals surface area contributed by atoms with Crippen LogP contribution in [0.4, 0.5) is 11.4 Å². The molecule has 0 fully saturated rings. The van der Waals surface area contributed by atoms with E-state index in [0.717, 1.165) is 23.4 Å². The summed E-state index contributed by atoms with van der Waals surface area (Å²) >= 11 is 0. The molecule has 0 aromatic heterocycles. The molecule has 1 aromatic carbocycles. The minimum absolute atomic E-state index is 0.0319. The van der Waals surface area contributed by atoms with E-state index < -0.39 is 0 Å². The second kappa shape index (κ2) is 4.65. The highest BCUT2D eigenvalue weighted by Gasteiger charge is 2.03. The molecule has 0 aliphatic carbocycles. The van der Waals surface area contributed by atoms with Crippen LogP contribution in [-0.4, -0.2) is 5.91 Å². The molecule has 76 valence electrons. The van der Waals surface area contributed by atoms with Crippen molar-refractivity contribution in [1.29, 1.82) is 0 Å². The summed E-state index contributed by atoms with van der Waals surface area (Å²) in [6.07, 6.45) is 1.36. The van der Waals surface area contributed by atoms with E-state index in [1.807, 2.05) is 26.0 Å². The largest absolute Gasteiger partial charge is 0.399 e. The van der Waals surface area contributed by atoms with Gasteiger partial charge in [-0.2, -0.15) is 0 Å². The maximum atomic E-state index is 11.2. The van der Waals surface area contributed by atoms with E-state index in [9.17, 15) is 4.79 Å². The van der Waals surface area contributed by atoms with E-state index in [1.54, 1.807) is 6.07 Å². The van der Waals surface area contributed by atoms with Gasteiger partial charge in [-0.05, 0) is 30.2 Å². The number of amides is 1. The van der Waals surface area contributed by atoms with Crippen LogP contribution >= 0.6 is 0 Å². The molecule has 0 aliphatic heterocycles. The second-order valence-corrected chi connectivity index (χ2v) is 3.17. The Hall–Kier alpha value is -1.51. The number of benzene rings is 1. The molecule has 0 unspecified atom stereocenters. The third-order valence-electron chi connectivity index (χ3n) is 2.11. The summed E-state index contributed by atoms with van der Waals surface area (Å²) in [6.45, 7) is 3.87. The summed E-state index contributed by atoms with van der Waals surface area (Å²) in [6, 6.07) is 5.54. The number of nitrogens with one attached hydrogen (secondary N) is 1. The zero-order chi connectivity index (χ0) is 10.6. The molecule has 1 aromatic rings. The first kappa shape index (κ1) is 10.6. The van der Waals surface area contributed by atoms with Crippen molar-refractivity contribution in [3.63, 3.8) is 0 Å². The molecule has 3 nitrogen and oxygen atoms in total. The maximum Gasteiger partial charge on any atom is 0.224 e. The molecule has 1 amide bonds. The van der Waals surface area contributed by atoms with E-state index in [0.29, 0.717) is 6.42 Å². The summed E-state index contributed by atoms with van der Waals surface area (Å²) in [5, 5.41) is 2.84. The number of aryl methyl sites for hydroxylation is 1. The van der Waals surface area contributed by atoms with E-state index in [4.69, 9.17) is 5.73 Å². The second-order valence-electron chi connectivity index (χ2n) is 3.17. The minimum atomic E-state index is 0.0319. The Morgan fingerprint density at radius 2 is 2.14 bits per heavy atom. The van der Waals surface area contributed by atoms with Gasteiger partial charge in [0.1, 0.15) is 0 Å². The highest BCUT2D eigenvalue weighted by Crippen LogP contribution is 2.19. The molecule has 3 heteroatoms. The average Bonchev–Trinajstić information content (AvgIpc) is 2.20. The van der Waals surface area contributed by atoms with Crippen LogP contribution in [-0.2, 0) is 11.2 Å². The van der Waals surface area contributed by atoms with Gasteiger partial charge in [0, 0.05) is 17.8 Å². The number of carbonyl (C=O) groups is 1. The number of nitrogens with two attached hydrogens (primary N) is 1. The van der Waals surface area contributed by atoms with Gasteiger partial charge < -0.3 is 11.1 Å². The molecule has 14 heavy (non-hydrogen) atoms. The van der Waals surface area contributed by atoms with Gasteiger partial charge in [-0.3, -0.25) is 4.79 Å². The van der Waals surface area contributed by atoms with Gasteiger partial charge in [-0.25, -0.2) is 0 Å². The summed E-state index contributed by atoms with van der Waals surface area (Å²) < 4.78 is 0. The fourth-order valence-corrected chi connectivity index (χ4v) is 1.27. The molecule has 0 bridgehead atoms. The standard InChI is InChI=1S/C11H16N2O/c1-3-8-7-9(12)5-6-10(8)13-11(14)4-2/h5-7H,3-4,12H2,1-2H3,(H,13,14). The first-order chi connectivity index (χ1) is 6.67. The Kier molecular flexibility index (Phi) is 3.51. The highest BCUT2D eigenvalue weighted by atomic mass is 16.1. The molecule has 0 saturated carbocycles. The van der Waals surface area contributed by atoms with Crippen molar-refractivity contribution in [3.8, 4) is 0 Å². The third kappa shape index (κ3) is 2.49. The normalized spacial score (nSPS) is 9.86. The maximum absolute atomic E-state index is 11.2. The summed E-state index contributed by atoms with van der Waals surface area (Å²) in [5.74, 6) is 0.0319. The molecule has 0 radical (unpaired) electrons. The van der Waals surface area contributed by atoms with E-state index in [2.05, 4.69) is 5.32 Å². The lowest BCUT2D eigenvalue weighted by Crippen LogP contribution is -2.11. The van der Waals surface area contributed by atoms with Crippen molar-refractivity contribution in [2.75, 3.05) is 11.1 Å². The number of anilines is 2. The Labute approximate surface area is 84.3 Å². The predicted molar refractivity (Wildman–Crippen MR) is 59.2 cm³/mol. The SMILES string of the molecule is CCC(=O)Nc1ccc(N)cc1CC. The Morgan fingerprint density at radius 1 is 1.43 bits per heavy atom. The van der Waals surface area contributed by atoms with Crippen molar-refractivity contribution in [3.05, 3.63) is 23.8 Å². The quantitative estimate of drug-likeness (QED) is 0.721. The topological polar surface area (TPSA) is 55.1 Å². The third-order valence-corrected chi connectivity index (χ3v) is 2.11. The smallest absolute Gasteiger partial charge is 0.224 e. The van der Waals surface area contributed by atoms with Gasteiger partial charge in [0.2, 0.25) is 5.91 Å². The summed E-state index contributed by atoms with van der Waals surface area (Å²) in [4.78, 5) is 11.2. The van der Waals surface area contributed by atoms with Crippen LogP contribution in [0.1, 0.15) is 25.8 Å². The first-order valence-electron chi connectivity index (χ1n) is 4.85. The zero-order valence-electron chi connectivity index (χ0n) is 8.63. The number of hydrogen-bond donors (Lipinski definition) is 2. The van der Waals surface area contributed by atoms with Gasteiger partial charge in [0.05, 0.1) is 0 Å². The average molecular weight is 192 g/mol. The Balaban J connectivity index is 2.90. The number of hydrogen-bond acceptors (Lipinski definition) is 2. The highest BCUT2D eigenvalue weighted by molar-refractivity contribution is 5.91. The lowest BCUT2D eigenvalue weighted by Gasteiger charge is -2.09. The first-order valence-corrected chi connectivity index (χ1v) is 4.85. The van der Waals surface area contributed by atoms with Crippen molar-refractivity contribution in [2.45, 2.75) is 26.7 Å². The molecule has 0 saturated heterocycles. The number of rotatable bonds is 3. The molecule has 0 atom stereocenters. The summed E-state index contributed by atoms with van der Waals surface area (Å²) in [7, 11) is 0. The fourth-order valence-electron chi connectivity index (χ4n) is 1.27. The zero-order valence-corrected chi connectivity index (χ0v) is 8.63. The van der Waals surface area contributed by atoms with Crippen molar-refractivity contribution >= 4 is 17.3 Å². The van der Waals surface area contributed by atoms with Crippen molar-refractivity contribution < 1.29 is 4.79 Å².